The molecule has 0 saturated carbocycles. The average molecular weight is 277 g/mol. The highest BCUT2D eigenvalue weighted by atomic mass is 16.5. The number of ether oxygens (including phenoxy) is 1. The van der Waals surface area contributed by atoms with E-state index in [1.54, 1.807) is 25.3 Å². The molecule has 1 saturated heterocycles. The van der Waals surface area contributed by atoms with Crippen molar-refractivity contribution in [3.8, 4) is 0 Å². The predicted molar refractivity (Wildman–Crippen MR) is 73.5 cm³/mol. The Hall–Kier alpha value is -1.88. The van der Waals surface area contributed by atoms with E-state index < -0.39 is 12.0 Å². The number of nitrogens with zero attached hydrogens (tertiary/aromatic N) is 1. The second kappa shape index (κ2) is 6.52. The Morgan fingerprint density at radius 3 is 2.90 bits per heavy atom. The zero-order valence-corrected chi connectivity index (χ0v) is 11.5. The number of carboxylic acid groups (broad SMARTS) is 1. The third kappa shape index (κ3) is 3.17. The Kier molecular flexibility index (Phi) is 4.74. The summed E-state index contributed by atoms with van der Waals surface area (Å²) >= 11 is 0. The van der Waals surface area contributed by atoms with Crippen LogP contribution in [0.1, 0.15) is 35.2 Å². The minimum atomic E-state index is -0.925. The Bertz CT molecular complexity index is 500. The van der Waals surface area contributed by atoms with Gasteiger partial charge in [-0.15, -0.1) is 0 Å². The van der Waals surface area contributed by atoms with Crippen LogP contribution in [0.15, 0.2) is 24.3 Å². The monoisotopic (exact) mass is 277 g/mol. The number of methoxy groups -OCH3 is 1. The van der Waals surface area contributed by atoms with Gasteiger partial charge in [-0.1, -0.05) is 12.1 Å². The second-order valence-corrected chi connectivity index (χ2v) is 4.98. The molecule has 1 N–H and O–H groups in total. The Balaban J connectivity index is 2.20. The van der Waals surface area contributed by atoms with E-state index in [9.17, 15) is 14.7 Å². The number of carboxylic acids is 1. The number of carbonyl (C=O) groups excluding carboxylic acids is 1. The quantitative estimate of drug-likeness (QED) is 0.913. The molecule has 0 spiro atoms. The summed E-state index contributed by atoms with van der Waals surface area (Å²) in [6.07, 6.45) is 2.23. The van der Waals surface area contributed by atoms with Gasteiger partial charge in [-0.05, 0) is 37.0 Å². The van der Waals surface area contributed by atoms with Crippen LogP contribution in [-0.2, 0) is 16.1 Å². The van der Waals surface area contributed by atoms with Gasteiger partial charge in [0, 0.05) is 19.2 Å². The molecule has 2 rings (SSSR count). The highest BCUT2D eigenvalue weighted by Gasteiger charge is 2.32. The van der Waals surface area contributed by atoms with Crippen LogP contribution in [0.5, 0.6) is 0 Å². The molecule has 1 aliphatic heterocycles. The summed E-state index contributed by atoms with van der Waals surface area (Å²) in [6.45, 7) is 0.938. The summed E-state index contributed by atoms with van der Waals surface area (Å²) < 4.78 is 5.05. The topological polar surface area (TPSA) is 66.8 Å². The molecule has 0 aliphatic carbocycles. The van der Waals surface area contributed by atoms with E-state index in [-0.39, 0.29) is 5.91 Å². The highest BCUT2D eigenvalue weighted by Crippen LogP contribution is 2.20. The summed E-state index contributed by atoms with van der Waals surface area (Å²) in [6, 6.07) is 6.45. The maximum Gasteiger partial charge on any atom is 0.326 e. The SMILES string of the molecule is COCc1cccc(C(=O)N2CCCC[C@@H]2C(=O)O)c1. The lowest BCUT2D eigenvalue weighted by molar-refractivity contribution is -0.143. The molecule has 108 valence electrons. The Morgan fingerprint density at radius 2 is 2.20 bits per heavy atom. The molecule has 20 heavy (non-hydrogen) atoms. The van der Waals surface area contributed by atoms with Crippen LogP contribution in [0.25, 0.3) is 0 Å². The molecule has 1 heterocycles. The molecule has 0 unspecified atom stereocenters. The number of carbonyl (C=O) groups is 2. The van der Waals surface area contributed by atoms with Gasteiger partial charge in [0.1, 0.15) is 6.04 Å². The van der Waals surface area contributed by atoms with Crippen LogP contribution >= 0.6 is 0 Å². The van der Waals surface area contributed by atoms with Crippen molar-refractivity contribution in [2.45, 2.75) is 31.9 Å². The smallest absolute Gasteiger partial charge is 0.326 e. The zero-order chi connectivity index (χ0) is 14.5. The van der Waals surface area contributed by atoms with Gasteiger partial charge in [0.25, 0.3) is 5.91 Å². The van der Waals surface area contributed by atoms with Gasteiger partial charge in [0.05, 0.1) is 6.61 Å². The lowest BCUT2D eigenvalue weighted by Crippen LogP contribution is -2.48. The highest BCUT2D eigenvalue weighted by molar-refractivity contribution is 5.96. The zero-order valence-electron chi connectivity index (χ0n) is 11.5. The molecular weight excluding hydrogens is 258 g/mol. The lowest BCUT2D eigenvalue weighted by Gasteiger charge is -2.33. The minimum Gasteiger partial charge on any atom is -0.480 e. The van der Waals surface area contributed by atoms with E-state index in [2.05, 4.69) is 0 Å². The van der Waals surface area contributed by atoms with Gasteiger partial charge in [0.2, 0.25) is 0 Å². The van der Waals surface area contributed by atoms with Gasteiger partial charge in [-0.3, -0.25) is 4.79 Å². The van der Waals surface area contributed by atoms with Gasteiger partial charge in [0.15, 0.2) is 0 Å². The van der Waals surface area contributed by atoms with Crippen LogP contribution < -0.4 is 0 Å². The van der Waals surface area contributed by atoms with Crippen molar-refractivity contribution in [2.24, 2.45) is 0 Å². The van der Waals surface area contributed by atoms with Crippen LogP contribution in [0.3, 0.4) is 0 Å². The molecule has 0 radical (unpaired) electrons. The standard InChI is InChI=1S/C15H19NO4/c1-20-10-11-5-4-6-12(9-11)14(17)16-8-3-2-7-13(16)15(18)19/h4-6,9,13H,2-3,7-8,10H2,1H3,(H,18,19)/t13-/m1/s1. The van der Waals surface area contributed by atoms with Crippen molar-refractivity contribution in [3.63, 3.8) is 0 Å². The fourth-order valence-corrected chi connectivity index (χ4v) is 2.56. The number of likely N-dealkylation sites (tertiary alicyclic amines) is 1. The van der Waals surface area contributed by atoms with Crippen LogP contribution in [-0.4, -0.2) is 41.6 Å². The number of hydrogen-bond acceptors (Lipinski definition) is 3. The molecule has 1 fully saturated rings. The van der Waals surface area contributed by atoms with E-state index in [1.165, 1.54) is 4.90 Å². The fraction of sp³-hybridized carbons (Fsp3) is 0.467. The molecule has 0 aromatic heterocycles. The van der Waals surface area contributed by atoms with Crippen molar-refractivity contribution >= 4 is 11.9 Å². The van der Waals surface area contributed by atoms with E-state index in [0.717, 1.165) is 18.4 Å². The largest absolute Gasteiger partial charge is 0.480 e. The van der Waals surface area contributed by atoms with Crippen LogP contribution in [0, 0.1) is 0 Å². The van der Waals surface area contributed by atoms with Crippen molar-refractivity contribution in [1.29, 1.82) is 0 Å². The molecule has 1 aromatic rings. The second-order valence-electron chi connectivity index (χ2n) is 4.98. The van der Waals surface area contributed by atoms with E-state index in [4.69, 9.17) is 4.74 Å². The van der Waals surface area contributed by atoms with Gasteiger partial charge >= 0.3 is 5.97 Å². The number of benzene rings is 1. The van der Waals surface area contributed by atoms with Crippen LogP contribution in [0.4, 0.5) is 0 Å². The van der Waals surface area contributed by atoms with Gasteiger partial charge < -0.3 is 14.7 Å². The van der Waals surface area contributed by atoms with E-state index in [0.29, 0.717) is 25.1 Å². The number of amides is 1. The molecule has 1 atom stereocenters. The fourth-order valence-electron chi connectivity index (χ4n) is 2.56. The average Bonchev–Trinajstić information content (AvgIpc) is 2.47. The van der Waals surface area contributed by atoms with Gasteiger partial charge in [-0.25, -0.2) is 4.79 Å². The molecular formula is C15H19NO4. The summed E-state index contributed by atoms with van der Waals surface area (Å²) in [7, 11) is 1.60. The molecule has 1 amide bonds. The lowest BCUT2D eigenvalue weighted by atomic mass is 10.0. The summed E-state index contributed by atoms with van der Waals surface area (Å²) in [5, 5.41) is 9.23. The van der Waals surface area contributed by atoms with Crippen molar-refractivity contribution in [1.82, 2.24) is 4.90 Å². The predicted octanol–water partition coefficient (Wildman–Crippen LogP) is 1.91. The van der Waals surface area contributed by atoms with Gasteiger partial charge in [-0.2, -0.15) is 0 Å². The molecule has 1 aromatic carbocycles. The first kappa shape index (κ1) is 14.5. The Labute approximate surface area is 118 Å². The van der Waals surface area contributed by atoms with E-state index >= 15 is 0 Å². The first-order valence-electron chi connectivity index (χ1n) is 6.75. The van der Waals surface area contributed by atoms with Crippen molar-refractivity contribution in [3.05, 3.63) is 35.4 Å². The Morgan fingerprint density at radius 1 is 1.40 bits per heavy atom. The normalized spacial score (nSPS) is 18.9. The first-order valence-corrected chi connectivity index (χ1v) is 6.75. The molecule has 5 nitrogen and oxygen atoms in total. The minimum absolute atomic E-state index is 0.213. The summed E-state index contributed by atoms with van der Waals surface area (Å²) in [4.78, 5) is 25.2. The van der Waals surface area contributed by atoms with Crippen molar-refractivity contribution in [2.75, 3.05) is 13.7 Å². The third-order valence-corrected chi connectivity index (χ3v) is 3.53. The summed E-state index contributed by atoms with van der Waals surface area (Å²) in [5.41, 5.74) is 1.43. The first-order chi connectivity index (χ1) is 9.63. The van der Waals surface area contributed by atoms with Crippen LogP contribution in [0.2, 0.25) is 0 Å². The van der Waals surface area contributed by atoms with Crippen molar-refractivity contribution < 1.29 is 19.4 Å². The number of aliphatic carboxylic acids is 1. The molecule has 0 bridgehead atoms. The maximum absolute atomic E-state index is 12.5. The number of piperidine rings is 1. The number of hydrogen-bond donors (Lipinski definition) is 1. The molecule has 5 heteroatoms. The maximum atomic E-state index is 12.5. The molecule has 1 aliphatic rings. The van der Waals surface area contributed by atoms with E-state index in [1.807, 2.05) is 6.07 Å². The number of rotatable bonds is 4. The summed E-state index contributed by atoms with van der Waals surface area (Å²) in [5.74, 6) is -1.14. The third-order valence-electron chi connectivity index (χ3n) is 3.53.